The van der Waals surface area contributed by atoms with Crippen molar-refractivity contribution in [2.45, 2.75) is 6.54 Å². The van der Waals surface area contributed by atoms with Crippen LogP contribution < -0.4 is 5.32 Å². The van der Waals surface area contributed by atoms with Crippen LogP contribution in [0.4, 0.5) is 5.69 Å². The van der Waals surface area contributed by atoms with Gasteiger partial charge in [-0.3, -0.25) is 9.97 Å². The summed E-state index contributed by atoms with van der Waals surface area (Å²) in [5, 5.41) is 3.40. The predicted molar refractivity (Wildman–Crippen MR) is 73.3 cm³/mol. The van der Waals surface area contributed by atoms with Gasteiger partial charge in [0.05, 0.1) is 11.2 Å². The van der Waals surface area contributed by atoms with Gasteiger partial charge in [0.25, 0.3) is 0 Å². The SMILES string of the molecule is c1ccc(CNc2ccnc3cccnc23)cc1. The van der Waals surface area contributed by atoms with Gasteiger partial charge in [-0.2, -0.15) is 0 Å². The van der Waals surface area contributed by atoms with Gasteiger partial charge >= 0.3 is 0 Å². The molecule has 0 aliphatic rings. The summed E-state index contributed by atoms with van der Waals surface area (Å²) in [7, 11) is 0. The summed E-state index contributed by atoms with van der Waals surface area (Å²) in [5.41, 5.74) is 4.09. The van der Waals surface area contributed by atoms with Gasteiger partial charge < -0.3 is 5.32 Å². The Morgan fingerprint density at radius 2 is 1.72 bits per heavy atom. The monoisotopic (exact) mass is 235 g/mol. The molecule has 0 atom stereocenters. The Morgan fingerprint density at radius 3 is 2.61 bits per heavy atom. The van der Waals surface area contributed by atoms with E-state index in [0.29, 0.717) is 0 Å². The molecule has 3 heteroatoms. The smallest absolute Gasteiger partial charge is 0.112 e. The third-order valence-corrected chi connectivity index (χ3v) is 2.82. The van der Waals surface area contributed by atoms with E-state index in [9.17, 15) is 0 Å². The fraction of sp³-hybridized carbons (Fsp3) is 0.0667. The van der Waals surface area contributed by atoms with Gasteiger partial charge in [0.1, 0.15) is 5.52 Å². The molecule has 0 fully saturated rings. The highest BCUT2D eigenvalue weighted by molar-refractivity contribution is 5.86. The van der Waals surface area contributed by atoms with Crippen LogP contribution in [0.1, 0.15) is 5.56 Å². The molecule has 18 heavy (non-hydrogen) atoms. The fourth-order valence-corrected chi connectivity index (χ4v) is 1.92. The Morgan fingerprint density at radius 1 is 0.833 bits per heavy atom. The molecule has 0 saturated carbocycles. The zero-order valence-electron chi connectivity index (χ0n) is 9.88. The molecule has 1 N–H and O–H groups in total. The Kier molecular flexibility index (Phi) is 2.88. The zero-order chi connectivity index (χ0) is 12.2. The summed E-state index contributed by atoms with van der Waals surface area (Å²) in [6.45, 7) is 0.788. The van der Waals surface area contributed by atoms with Crippen LogP contribution in [0.5, 0.6) is 0 Å². The van der Waals surface area contributed by atoms with Crippen LogP contribution in [0.25, 0.3) is 11.0 Å². The molecule has 0 spiro atoms. The maximum absolute atomic E-state index is 4.37. The van der Waals surface area contributed by atoms with Gasteiger partial charge in [-0.15, -0.1) is 0 Å². The lowest BCUT2D eigenvalue weighted by Crippen LogP contribution is -2.00. The maximum Gasteiger partial charge on any atom is 0.112 e. The molecule has 88 valence electrons. The number of fused-ring (bicyclic) bond motifs is 1. The molecule has 0 saturated heterocycles. The van der Waals surface area contributed by atoms with Gasteiger partial charge in [0.2, 0.25) is 0 Å². The van der Waals surface area contributed by atoms with Gasteiger partial charge in [-0.05, 0) is 23.8 Å². The summed E-state index contributed by atoms with van der Waals surface area (Å²) >= 11 is 0. The number of anilines is 1. The number of rotatable bonds is 3. The van der Waals surface area contributed by atoms with Crippen molar-refractivity contribution in [2.24, 2.45) is 0 Å². The van der Waals surface area contributed by atoms with Crippen molar-refractivity contribution in [1.29, 1.82) is 0 Å². The van der Waals surface area contributed by atoms with Gasteiger partial charge in [0.15, 0.2) is 0 Å². The molecule has 0 aliphatic carbocycles. The number of pyridine rings is 2. The third kappa shape index (κ3) is 2.15. The summed E-state index contributed by atoms with van der Waals surface area (Å²) < 4.78 is 0. The summed E-state index contributed by atoms with van der Waals surface area (Å²) in [4.78, 5) is 8.66. The average Bonchev–Trinajstić information content (AvgIpc) is 2.46. The number of aromatic nitrogens is 2. The number of hydrogen-bond acceptors (Lipinski definition) is 3. The predicted octanol–water partition coefficient (Wildman–Crippen LogP) is 3.24. The van der Waals surface area contributed by atoms with Crippen LogP contribution in [0, 0.1) is 0 Å². The molecule has 0 bridgehead atoms. The first kappa shape index (κ1) is 10.7. The minimum absolute atomic E-state index is 0.788. The van der Waals surface area contributed by atoms with E-state index in [0.717, 1.165) is 23.3 Å². The molecule has 0 aliphatic heterocycles. The maximum atomic E-state index is 4.37. The van der Waals surface area contributed by atoms with Crippen LogP contribution in [-0.4, -0.2) is 9.97 Å². The number of benzene rings is 1. The Labute approximate surface area is 106 Å². The van der Waals surface area contributed by atoms with Crippen molar-refractivity contribution in [2.75, 3.05) is 5.32 Å². The van der Waals surface area contributed by atoms with Crippen molar-refractivity contribution in [3.8, 4) is 0 Å². The first-order valence-electron chi connectivity index (χ1n) is 5.91. The van der Waals surface area contributed by atoms with E-state index in [-0.39, 0.29) is 0 Å². The molecule has 3 nitrogen and oxygen atoms in total. The highest BCUT2D eigenvalue weighted by Gasteiger charge is 2.01. The Balaban J connectivity index is 1.87. The largest absolute Gasteiger partial charge is 0.379 e. The zero-order valence-corrected chi connectivity index (χ0v) is 9.88. The molecule has 3 rings (SSSR count). The van der Waals surface area contributed by atoms with Crippen molar-refractivity contribution in [3.05, 3.63) is 66.5 Å². The molecule has 2 aromatic heterocycles. The van der Waals surface area contributed by atoms with E-state index in [1.165, 1.54) is 5.56 Å². The van der Waals surface area contributed by atoms with Crippen LogP contribution in [-0.2, 0) is 6.54 Å². The van der Waals surface area contributed by atoms with E-state index < -0.39 is 0 Å². The second-order valence-electron chi connectivity index (χ2n) is 4.07. The number of hydrogen-bond donors (Lipinski definition) is 1. The second kappa shape index (κ2) is 4.84. The molecule has 0 amide bonds. The van der Waals surface area contributed by atoms with Gasteiger partial charge in [-0.1, -0.05) is 30.3 Å². The van der Waals surface area contributed by atoms with Crippen molar-refractivity contribution >= 4 is 16.7 Å². The van der Waals surface area contributed by atoms with E-state index in [1.54, 1.807) is 12.4 Å². The molecule has 0 unspecified atom stereocenters. The Hall–Kier alpha value is -2.42. The number of nitrogens with one attached hydrogen (secondary N) is 1. The second-order valence-corrected chi connectivity index (χ2v) is 4.07. The lowest BCUT2D eigenvalue weighted by atomic mass is 10.2. The fourth-order valence-electron chi connectivity index (χ4n) is 1.92. The lowest BCUT2D eigenvalue weighted by molar-refractivity contribution is 1.15. The average molecular weight is 235 g/mol. The van der Waals surface area contributed by atoms with Gasteiger partial charge in [-0.25, -0.2) is 0 Å². The highest BCUT2D eigenvalue weighted by atomic mass is 14.9. The quantitative estimate of drug-likeness (QED) is 0.757. The summed E-state index contributed by atoms with van der Waals surface area (Å²) in [6, 6.07) is 16.1. The van der Waals surface area contributed by atoms with Crippen LogP contribution in [0.3, 0.4) is 0 Å². The summed E-state index contributed by atoms with van der Waals surface area (Å²) in [5.74, 6) is 0. The molecule has 3 aromatic rings. The highest BCUT2D eigenvalue weighted by Crippen LogP contribution is 2.19. The third-order valence-electron chi connectivity index (χ3n) is 2.82. The Bertz CT molecular complexity index is 645. The first-order valence-corrected chi connectivity index (χ1v) is 5.91. The topological polar surface area (TPSA) is 37.8 Å². The van der Waals surface area contributed by atoms with E-state index >= 15 is 0 Å². The number of nitrogens with zero attached hydrogens (tertiary/aromatic N) is 2. The molecular formula is C15H13N3. The van der Waals surface area contributed by atoms with Crippen molar-refractivity contribution in [3.63, 3.8) is 0 Å². The summed E-state index contributed by atoms with van der Waals surface area (Å²) in [6.07, 6.45) is 3.59. The standard InChI is InChI=1S/C15H13N3/c1-2-5-12(6-3-1)11-18-14-8-10-16-13-7-4-9-17-15(13)14/h1-10H,11H2,(H,16,18). The minimum atomic E-state index is 0.788. The normalized spacial score (nSPS) is 10.4. The van der Waals surface area contributed by atoms with Crippen LogP contribution in [0.2, 0.25) is 0 Å². The molecule has 2 heterocycles. The van der Waals surface area contributed by atoms with Crippen molar-refractivity contribution in [1.82, 2.24) is 9.97 Å². The van der Waals surface area contributed by atoms with E-state index in [1.807, 2.05) is 36.4 Å². The van der Waals surface area contributed by atoms with Crippen LogP contribution in [0.15, 0.2) is 60.9 Å². The molecule has 0 radical (unpaired) electrons. The van der Waals surface area contributed by atoms with Crippen LogP contribution >= 0.6 is 0 Å². The lowest BCUT2D eigenvalue weighted by Gasteiger charge is -2.08. The van der Waals surface area contributed by atoms with E-state index in [4.69, 9.17) is 0 Å². The molecule has 1 aromatic carbocycles. The van der Waals surface area contributed by atoms with E-state index in [2.05, 4.69) is 27.4 Å². The van der Waals surface area contributed by atoms with Crippen molar-refractivity contribution < 1.29 is 0 Å². The van der Waals surface area contributed by atoms with Gasteiger partial charge in [0, 0.05) is 18.9 Å². The molecular weight excluding hydrogens is 222 g/mol. The first-order chi connectivity index (χ1) is 8.93. The minimum Gasteiger partial charge on any atom is -0.379 e.